The molecular weight excluding hydrogens is 390 g/mol. The van der Waals surface area contributed by atoms with Crippen LogP contribution >= 0.6 is 0 Å². The van der Waals surface area contributed by atoms with E-state index in [9.17, 15) is 0 Å². The highest BCUT2D eigenvalue weighted by Gasteiger charge is 2.09. The molecule has 0 aliphatic carbocycles. The van der Waals surface area contributed by atoms with Crippen molar-refractivity contribution < 1.29 is 4.42 Å². The van der Waals surface area contributed by atoms with Gasteiger partial charge in [0.15, 0.2) is 0 Å². The highest BCUT2D eigenvalue weighted by Crippen LogP contribution is 2.34. The number of para-hydroxylation sites is 1. The van der Waals surface area contributed by atoms with Crippen molar-refractivity contribution in [2.45, 2.75) is 0 Å². The molecule has 152 valence electrons. The van der Waals surface area contributed by atoms with Crippen LogP contribution in [0.2, 0.25) is 0 Å². The second-order valence-corrected chi connectivity index (χ2v) is 7.97. The van der Waals surface area contributed by atoms with Crippen molar-refractivity contribution in [1.29, 1.82) is 0 Å². The van der Waals surface area contributed by atoms with Crippen molar-refractivity contribution in [3.8, 4) is 22.3 Å². The molecule has 1 N–H and O–H groups in total. The van der Waals surface area contributed by atoms with Gasteiger partial charge in [0.1, 0.15) is 11.2 Å². The summed E-state index contributed by atoms with van der Waals surface area (Å²) in [5.41, 5.74) is 8.60. The van der Waals surface area contributed by atoms with E-state index in [0.717, 1.165) is 33.3 Å². The topological polar surface area (TPSA) is 25.2 Å². The molecule has 2 nitrogen and oxygen atoms in total. The Morgan fingerprint density at radius 2 is 1.00 bits per heavy atom. The number of anilines is 2. The second-order valence-electron chi connectivity index (χ2n) is 7.97. The van der Waals surface area contributed by atoms with Crippen LogP contribution in [0.15, 0.2) is 126 Å². The Hall–Kier alpha value is -4.30. The average Bonchev–Trinajstić information content (AvgIpc) is 3.23. The highest BCUT2D eigenvalue weighted by atomic mass is 16.3. The molecule has 6 rings (SSSR count). The summed E-state index contributed by atoms with van der Waals surface area (Å²) < 4.78 is 6.08. The fourth-order valence-corrected chi connectivity index (χ4v) is 4.26. The summed E-state index contributed by atoms with van der Waals surface area (Å²) in [4.78, 5) is 0. The van der Waals surface area contributed by atoms with E-state index in [4.69, 9.17) is 4.42 Å². The Labute approximate surface area is 186 Å². The zero-order chi connectivity index (χ0) is 21.3. The van der Waals surface area contributed by atoms with Crippen molar-refractivity contribution >= 4 is 33.3 Å². The number of hydrogen-bond donors (Lipinski definition) is 1. The van der Waals surface area contributed by atoms with Gasteiger partial charge in [-0.1, -0.05) is 78.9 Å². The molecule has 2 heteroatoms. The van der Waals surface area contributed by atoms with Crippen molar-refractivity contribution in [1.82, 2.24) is 0 Å². The molecule has 0 fully saturated rings. The van der Waals surface area contributed by atoms with Gasteiger partial charge in [0.25, 0.3) is 0 Å². The number of furan rings is 1. The number of nitrogens with one attached hydrogen (secondary N) is 1. The van der Waals surface area contributed by atoms with Gasteiger partial charge in [-0.3, -0.25) is 0 Å². The van der Waals surface area contributed by atoms with Gasteiger partial charge in [-0.15, -0.1) is 0 Å². The highest BCUT2D eigenvalue weighted by molar-refractivity contribution is 6.05. The first-order chi connectivity index (χ1) is 15.8. The minimum absolute atomic E-state index is 0.888. The van der Waals surface area contributed by atoms with Crippen LogP contribution in [-0.2, 0) is 0 Å². The third-order valence-electron chi connectivity index (χ3n) is 5.81. The van der Waals surface area contributed by atoms with Gasteiger partial charge in [0, 0.05) is 28.2 Å². The lowest BCUT2D eigenvalue weighted by Gasteiger charge is -2.13. The molecular formula is C30H21NO. The first-order valence-electron chi connectivity index (χ1n) is 10.8. The molecule has 0 amide bonds. The Balaban J connectivity index is 1.44. The van der Waals surface area contributed by atoms with Crippen LogP contribution in [-0.4, -0.2) is 0 Å². The molecule has 6 aromatic rings. The molecule has 32 heavy (non-hydrogen) atoms. The van der Waals surface area contributed by atoms with Crippen LogP contribution in [0.4, 0.5) is 11.4 Å². The van der Waals surface area contributed by atoms with E-state index >= 15 is 0 Å². The van der Waals surface area contributed by atoms with Crippen LogP contribution in [0.25, 0.3) is 44.2 Å². The SMILES string of the molecule is c1ccc(-c2cc(Nc3ccc4c(c3)oc3ccccc34)cc(-c3ccccc3)c2)cc1. The average molecular weight is 412 g/mol. The van der Waals surface area contributed by atoms with E-state index in [0.29, 0.717) is 0 Å². The van der Waals surface area contributed by atoms with E-state index in [1.54, 1.807) is 0 Å². The first kappa shape index (κ1) is 18.5. The second kappa shape index (κ2) is 7.75. The number of benzene rings is 5. The maximum Gasteiger partial charge on any atom is 0.137 e. The molecule has 0 saturated heterocycles. The predicted octanol–water partition coefficient (Wildman–Crippen LogP) is 8.66. The van der Waals surface area contributed by atoms with Crippen LogP contribution in [0.3, 0.4) is 0 Å². The Morgan fingerprint density at radius 1 is 0.406 bits per heavy atom. The van der Waals surface area contributed by atoms with Gasteiger partial charge in [-0.2, -0.15) is 0 Å². The largest absolute Gasteiger partial charge is 0.456 e. The molecule has 1 heterocycles. The van der Waals surface area contributed by atoms with Crippen LogP contribution in [0.5, 0.6) is 0 Å². The number of hydrogen-bond acceptors (Lipinski definition) is 2. The molecule has 5 aromatic carbocycles. The van der Waals surface area contributed by atoms with Crippen LogP contribution in [0, 0.1) is 0 Å². The summed E-state index contributed by atoms with van der Waals surface area (Å²) in [6, 6.07) is 42.1. The Bertz CT molecular complexity index is 1470. The fourth-order valence-electron chi connectivity index (χ4n) is 4.26. The normalized spacial score (nSPS) is 11.1. The van der Waals surface area contributed by atoms with E-state index in [1.807, 2.05) is 30.3 Å². The summed E-state index contributed by atoms with van der Waals surface area (Å²) in [5, 5.41) is 5.88. The quantitative estimate of drug-likeness (QED) is 0.314. The van der Waals surface area contributed by atoms with Crippen molar-refractivity contribution in [3.05, 3.63) is 121 Å². The minimum Gasteiger partial charge on any atom is -0.456 e. The standard InChI is InChI=1S/C30H21NO/c1-3-9-21(10-4-1)23-17-24(22-11-5-2-6-12-22)19-26(18-23)31-25-15-16-28-27-13-7-8-14-29(27)32-30(28)20-25/h1-20,31H. The van der Waals surface area contributed by atoms with Crippen LogP contribution in [0.1, 0.15) is 0 Å². The van der Waals surface area contributed by atoms with Crippen LogP contribution < -0.4 is 5.32 Å². The van der Waals surface area contributed by atoms with Gasteiger partial charge in [-0.05, 0) is 58.7 Å². The smallest absolute Gasteiger partial charge is 0.137 e. The van der Waals surface area contributed by atoms with E-state index in [2.05, 4.69) is 96.3 Å². The zero-order valence-electron chi connectivity index (χ0n) is 17.5. The minimum atomic E-state index is 0.888. The maximum absolute atomic E-state index is 6.08. The zero-order valence-corrected chi connectivity index (χ0v) is 17.5. The Kier molecular flexibility index (Phi) is 4.47. The van der Waals surface area contributed by atoms with E-state index < -0.39 is 0 Å². The summed E-state index contributed by atoms with van der Waals surface area (Å²) >= 11 is 0. The van der Waals surface area contributed by atoms with E-state index in [1.165, 1.54) is 22.3 Å². The third-order valence-corrected chi connectivity index (χ3v) is 5.81. The van der Waals surface area contributed by atoms with Crippen molar-refractivity contribution in [3.63, 3.8) is 0 Å². The Morgan fingerprint density at radius 3 is 1.69 bits per heavy atom. The molecule has 0 bridgehead atoms. The predicted molar refractivity (Wildman–Crippen MR) is 134 cm³/mol. The molecule has 0 spiro atoms. The van der Waals surface area contributed by atoms with Crippen molar-refractivity contribution in [2.24, 2.45) is 0 Å². The summed E-state index contributed by atoms with van der Waals surface area (Å²) in [6.45, 7) is 0. The molecule has 1 aromatic heterocycles. The van der Waals surface area contributed by atoms with Gasteiger partial charge in [0.2, 0.25) is 0 Å². The van der Waals surface area contributed by atoms with E-state index in [-0.39, 0.29) is 0 Å². The van der Waals surface area contributed by atoms with Gasteiger partial charge < -0.3 is 9.73 Å². The number of fused-ring (bicyclic) bond motifs is 3. The monoisotopic (exact) mass is 411 g/mol. The lowest BCUT2D eigenvalue weighted by molar-refractivity contribution is 0.669. The maximum atomic E-state index is 6.08. The molecule has 0 saturated carbocycles. The summed E-state index contributed by atoms with van der Waals surface area (Å²) in [5.74, 6) is 0. The lowest BCUT2D eigenvalue weighted by atomic mass is 9.98. The molecule has 0 unspecified atom stereocenters. The van der Waals surface area contributed by atoms with Crippen molar-refractivity contribution in [2.75, 3.05) is 5.32 Å². The van der Waals surface area contributed by atoms with Gasteiger partial charge in [-0.25, -0.2) is 0 Å². The molecule has 0 aliphatic heterocycles. The first-order valence-corrected chi connectivity index (χ1v) is 10.8. The lowest BCUT2D eigenvalue weighted by Crippen LogP contribution is -1.92. The summed E-state index contributed by atoms with van der Waals surface area (Å²) in [6.07, 6.45) is 0. The third kappa shape index (κ3) is 3.42. The molecule has 0 aliphatic rings. The molecule has 0 radical (unpaired) electrons. The van der Waals surface area contributed by atoms with Gasteiger partial charge >= 0.3 is 0 Å². The molecule has 0 atom stereocenters. The fraction of sp³-hybridized carbons (Fsp3) is 0. The summed E-state index contributed by atoms with van der Waals surface area (Å²) in [7, 11) is 0. The number of rotatable bonds is 4. The van der Waals surface area contributed by atoms with Gasteiger partial charge in [0.05, 0.1) is 0 Å².